The Balaban J connectivity index is 2.02. The van der Waals surface area contributed by atoms with Crippen molar-refractivity contribution in [3.63, 3.8) is 0 Å². The lowest BCUT2D eigenvalue weighted by molar-refractivity contribution is 0.0984. The zero-order chi connectivity index (χ0) is 18.7. The predicted octanol–water partition coefficient (Wildman–Crippen LogP) is 3.65. The highest BCUT2D eigenvalue weighted by Crippen LogP contribution is 2.34. The van der Waals surface area contributed by atoms with Crippen LogP contribution < -0.4 is 9.64 Å². The van der Waals surface area contributed by atoms with Gasteiger partial charge in [0.25, 0.3) is 5.91 Å². The molecule has 3 aromatic rings. The van der Waals surface area contributed by atoms with E-state index in [1.54, 1.807) is 18.1 Å². The third kappa shape index (κ3) is 3.84. The second-order valence-corrected chi connectivity index (χ2v) is 7.08. The number of thiazole rings is 1. The highest BCUT2D eigenvalue weighted by Gasteiger charge is 2.22. The van der Waals surface area contributed by atoms with Gasteiger partial charge in [-0.15, -0.1) is 0 Å². The number of fused-ring (bicyclic) bond motifs is 1. The fourth-order valence-corrected chi connectivity index (χ4v) is 3.56. The molecule has 1 heterocycles. The van der Waals surface area contributed by atoms with Gasteiger partial charge in [0.2, 0.25) is 0 Å². The highest BCUT2D eigenvalue weighted by molar-refractivity contribution is 7.22. The Morgan fingerprint density at radius 2 is 1.96 bits per heavy atom. The summed E-state index contributed by atoms with van der Waals surface area (Å²) in [5.41, 5.74) is 1.02. The van der Waals surface area contributed by atoms with Crippen molar-refractivity contribution in [3.8, 4) is 5.75 Å². The molecule has 2 aromatic carbocycles. The first-order valence-corrected chi connectivity index (χ1v) is 8.97. The minimum Gasteiger partial charge on any atom is -0.494 e. The number of para-hydroxylation sites is 1. The van der Waals surface area contributed by atoms with Gasteiger partial charge in [0.05, 0.1) is 11.8 Å². The van der Waals surface area contributed by atoms with Gasteiger partial charge < -0.3 is 9.64 Å². The number of ether oxygens (including phenoxy) is 1. The van der Waals surface area contributed by atoms with E-state index in [4.69, 9.17) is 4.74 Å². The highest BCUT2D eigenvalue weighted by atomic mass is 32.1. The first-order valence-electron chi connectivity index (χ1n) is 8.15. The number of benzene rings is 2. The number of likely N-dealkylation sites (N-methyl/N-ethyl adjacent to an activating group) is 1. The largest absolute Gasteiger partial charge is 0.494 e. The minimum absolute atomic E-state index is 0.274. The van der Waals surface area contributed by atoms with Crippen molar-refractivity contribution < 1.29 is 13.9 Å². The molecular weight excluding hydrogens is 353 g/mol. The molecular formula is C19H20FN3O2S. The number of nitrogens with zero attached hydrogens (tertiary/aromatic N) is 3. The van der Waals surface area contributed by atoms with Crippen molar-refractivity contribution in [3.05, 3.63) is 53.8 Å². The molecule has 0 bridgehead atoms. The Labute approximate surface area is 155 Å². The maximum Gasteiger partial charge on any atom is 0.260 e. The lowest BCUT2D eigenvalue weighted by Crippen LogP contribution is -2.36. The van der Waals surface area contributed by atoms with E-state index in [0.717, 1.165) is 10.2 Å². The first-order chi connectivity index (χ1) is 12.5. The summed E-state index contributed by atoms with van der Waals surface area (Å²) in [4.78, 5) is 21.2. The maximum atomic E-state index is 13.6. The van der Waals surface area contributed by atoms with Crippen LogP contribution in [0.5, 0.6) is 5.75 Å². The number of amides is 1. The van der Waals surface area contributed by atoms with E-state index >= 15 is 0 Å². The summed E-state index contributed by atoms with van der Waals surface area (Å²) in [6.45, 7) is 1.11. The summed E-state index contributed by atoms with van der Waals surface area (Å²) in [6.07, 6.45) is 0. The van der Waals surface area contributed by atoms with Crippen molar-refractivity contribution in [2.45, 2.75) is 0 Å². The lowest BCUT2D eigenvalue weighted by Gasteiger charge is -2.22. The number of anilines is 1. The molecule has 5 nitrogen and oxygen atoms in total. The molecule has 1 aromatic heterocycles. The molecule has 26 heavy (non-hydrogen) atoms. The Morgan fingerprint density at radius 3 is 2.65 bits per heavy atom. The van der Waals surface area contributed by atoms with Crippen LogP contribution in [0.25, 0.3) is 10.2 Å². The molecule has 0 aliphatic heterocycles. The molecule has 0 unspecified atom stereocenters. The lowest BCUT2D eigenvalue weighted by atomic mass is 10.2. The number of carbonyl (C=O) groups is 1. The topological polar surface area (TPSA) is 45.7 Å². The van der Waals surface area contributed by atoms with Crippen LogP contribution in [-0.2, 0) is 0 Å². The number of aromatic nitrogens is 1. The van der Waals surface area contributed by atoms with Crippen molar-refractivity contribution in [1.29, 1.82) is 0 Å². The molecule has 0 N–H and O–H groups in total. The number of hydrogen-bond donors (Lipinski definition) is 0. The summed E-state index contributed by atoms with van der Waals surface area (Å²) in [5.74, 6) is -0.0467. The normalized spacial score (nSPS) is 11.1. The predicted molar refractivity (Wildman–Crippen MR) is 103 cm³/mol. The molecule has 0 saturated carbocycles. The van der Waals surface area contributed by atoms with Gasteiger partial charge in [-0.25, -0.2) is 9.37 Å². The van der Waals surface area contributed by atoms with Gasteiger partial charge in [-0.05, 0) is 44.4 Å². The van der Waals surface area contributed by atoms with Crippen LogP contribution in [0.3, 0.4) is 0 Å². The summed E-state index contributed by atoms with van der Waals surface area (Å²) in [5, 5.41) is 0.570. The Bertz CT molecular complexity index is 926. The van der Waals surface area contributed by atoms with E-state index in [-0.39, 0.29) is 5.91 Å². The summed E-state index contributed by atoms with van der Waals surface area (Å²) < 4.78 is 19.9. The maximum absolute atomic E-state index is 13.6. The van der Waals surface area contributed by atoms with Crippen LogP contribution in [0.1, 0.15) is 10.4 Å². The van der Waals surface area contributed by atoms with Crippen LogP contribution in [-0.4, -0.2) is 50.1 Å². The van der Waals surface area contributed by atoms with E-state index in [2.05, 4.69) is 4.98 Å². The minimum atomic E-state index is -0.436. The third-order valence-corrected chi connectivity index (χ3v) is 4.95. The van der Waals surface area contributed by atoms with E-state index in [9.17, 15) is 9.18 Å². The van der Waals surface area contributed by atoms with Crippen LogP contribution in [0.4, 0.5) is 9.52 Å². The van der Waals surface area contributed by atoms with Gasteiger partial charge in [0.15, 0.2) is 5.13 Å². The molecule has 0 fully saturated rings. The number of carbonyl (C=O) groups excluding carboxylic acids is 1. The standard InChI is InChI=1S/C19H20FN3O2S/c1-22(2)10-11-23(18(24)13-6-4-7-14(20)12-13)19-21-17-15(25-3)8-5-9-16(17)26-19/h4-9,12H,10-11H2,1-3H3. The van der Waals surface area contributed by atoms with Gasteiger partial charge >= 0.3 is 0 Å². The van der Waals surface area contributed by atoms with Gasteiger partial charge in [0, 0.05) is 18.7 Å². The molecule has 0 saturated heterocycles. The average molecular weight is 373 g/mol. The quantitative estimate of drug-likeness (QED) is 0.662. The summed E-state index contributed by atoms with van der Waals surface area (Å²) in [6, 6.07) is 11.4. The summed E-state index contributed by atoms with van der Waals surface area (Å²) in [7, 11) is 5.47. The fourth-order valence-electron chi connectivity index (χ4n) is 2.55. The monoisotopic (exact) mass is 373 g/mol. The van der Waals surface area contributed by atoms with E-state index in [0.29, 0.717) is 29.5 Å². The van der Waals surface area contributed by atoms with Crippen molar-refractivity contribution in [1.82, 2.24) is 9.88 Å². The van der Waals surface area contributed by atoms with E-state index in [1.165, 1.54) is 29.5 Å². The average Bonchev–Trinajstić information content (AvgIpc) is 3.05. The molecule has 1 amide bonds. The van der Waals surface area contributed by atoms with Crippen molar-refractivity contribution in [2.24, 2.45) is 0 Å². The Hall–Kier alpha value is -2.51. The molecule has 0 atom stereocenters. The van der Waals surface area contributed by atoms with Crippen LogP contribution >= 0.6 is 11.3 Å². The van der Waals surface area contributed by atoms with E-state index < -0.39 is 5.82 Å². The molecule has 0 spiro atoms. The van der Waals surface area contributed by atoms with E-state index in [1.807, 2.05) is 37.2 Å². The zero-order valence-corrected chi connectivity index (χ0v) is 15.7. The second kappa shape index (κ2) is 7.80. The molecule has 0 aliphatic carbocycles. The Kier molecular flexibility index (Phi) is 5.49. The van der Waals surface area contributed by atoms with Gasteiger partial charge in [-0.1, -0.05) is 23.5 Å². The van der Waals surface area contributed by atoms with Crippen LogP contribution in [0, 0.1) is 5.82 Å². The summed E-state index contributed by atoms with van der Waals surface area (Å²) >= 11 is 1.42. The fraction of sp³-hybridized carbons (Fsp3) is 0.263. The molecule has 0 radical (unpaired) electrons. The third-order valence-electron chi connectivity index (χ3n) is 3.91. The van der Waals surface area contributed by atoms with Crippen LogP contribution in [0.15, 0.2) is 42.5 Å². The van der Waals surface area contributed by atoms with Crippen molar-refractivity contribution in [2.75, 3.05) is 39.2 Å². The number of halogens is 1. The molecule has 136 valence electrons. The smallest absolute Gasteiger partial charge is 0.260 e. The molecule has 3 rings (SSSR count). The second-order valence-electron chi connectivity index (χ2n) is 6.07. The SMILES string of the molecule is COc1cccc2sc(N(CCN(C)C)C(=O)c3cccc(F)c3)nc12. The van der Waals surface area contributed by atoms with Gasteiger partial charge in [-0.2, -0.15) is 0 Å². The van der Waals surface area contributed by atoms with Gasteiger partial charge in [-0.3, -0.25) is 9.69 Å². The molecule has 7 heteroatoms. The van der Waals surface area contributed by atoms with Crippen molar-refractivity contribution >= 4 is 32.6 Å². The first kappa shape index (κ1) is 18.3. The Morgan fingerprint density at radius 1 is 1.19 bits per heavy atom. The number of rotatable bonds is 6. The van der Waals surface area contributed by atoms with Crippen LogP contribution in [0.2, 0.25) is 0 Å². The molecule has 0 aliphatic rings. The van der Waals surface area contributed by atoms with Gasteiger partial charge in [0.1, 0.15) is 17.1 Å². The number of methoxy groups -OCH3 is 1. The number of hydrogen-bond acceptors (Lipinski definition) is 5. The zero-order valence-electron chi connectivity index (χ0n) is 14.9.